The third kappa shape index (κ3) is 1.89. The van der Waals surface area contributed by atoms with Gasteiger partial charge >= 0.3 is 0 Å². The molecule has 1 aromatic heterocycles. The Morgan fingerprint density at radius 3 is 3.17 bits per heavy atom. The second kappa shape index (κ2) is 4.46. The number of morpholine rings is 1. The fourth-order valence-corrected chi connectivity index (χ4v) is 2.47. The van der Waals surface area contributed by atoms with Crippen molar-refractivity contribution in [1.82, 2.24) is 4.90 Å². The van der Waals surface area contributed by atoms with Gasteiger partial charge in [-0.25, -0.2) is 0 Å². The van der Waals surface area contributed by atoms with Crippen molar-refractivity contribution >= 4 is 5.91 Å². The van der Waals surface area contributed by atoms with Crippen molar-refractivity contribution in [3.8, 4) is 6.07 Å². The van der Waals surface area contributed by atoms with Gasteiger partial charge in [0.1, 0.15) is 11.8 Å². The van der Waals surface area contributed by atoms with E-state index in [1.165, 1.54) is 0 Å². The number of carbonyl (C=O) groups is 1. The molecule has 3 rings (SSSR count). The van der Waals surface area contributed by atoms with Crippen LogP contribution in [0, 0.1) is 17.2 Å². The Kier molecular flexibility index (Phi) is 2.80. The summed E-state index contributed by atoms with van der Waals surface area (Å²) in [5, 5.41) is 9.02. The largest absolute Gasteiger partial charge is 0.469 e. The second-order valence-corrected chi connectivity index (χ2v) is 4.72. The minimum atomic E-state index is -0.441. The monoisotopic (exact) mass is 246 g/mol. The predicted molar refractivity (Wildman–Crippen MR) is 61.5 cm³/mol. The van der Waals surface area contributed by atoms with Crippen molar-refractivity contribution in [2.75, 3.05) is 19.8 Å². The van der Waals surface area contributed by atoms with Gasteiger partial charge in [-0.1, -0.05) is 0 Å². The van der Waals surface area contributed by atoms with Gasteiger partial charge in [0.2, 0.25) is 5.91 Å². The molecule has 5 nitrogen and oxygen atoms in total. The summed E-state index contributed by atoms with van der Waals surface area (Å²) >= 11 is 0. The number of amides is 1. The molecule has 3 atom stereocenters. The van der Waals surface area contributed by atoms with Crippen molar-refractivity contribution < 1.29 is 13.9 Å². The van der Waals surface area contributed by atoms with Crippen LogP contribution in [0.1, 0.15) is 18.1 Å². The number of hydrogen-bond acceptors (Lipinski definition) is 4. The number of nitrogens with zero attached hydrogens (tertiary/aromatic N) is 2. The standard InChI is InChI=1S/C13H14N2O3/c14-7-9-8-17-5-3-15(9)13(16)11-6-10(11)12-2-1-4-18-12/h1-2,4,9-11H,3,5-6,8H2/t9-,10+,11-/m1/s1. The van der Waals surface area contributed by atoms with Crippen LogP contribution in [-0.4, -0.2) is 36.6 Å². The van der Waals surface area contributed by atoms with Crippen LogP contribution in [0.2, 0.25) is 0 Å². The first-order chi connectivity index (χ1) is 8.81. The van der Waals surface area contributed by atoms with E-state index in [1.54, 1.807) is 11.2 Å². The Morgan fingerprint density at radius 1 is 1.56 bits per heavy atom. The summed E-state index contributed by atoms with van der Waals surface area (Å²) in [5.74, 6) is 1.10. The third-order valence-electron chi connectivity index (χ3n) is 3.58. The number of hydrogen-bond donors (Lipinski definition) is 0. The van der Waals surface area contributed by atoms with Gasteiger partial charge in [0.15, 0.2) is 0 Å². The molecule has 2 heterocycles. The molecule has 0 bridgehead atoms. The van der Waals surface area contributed by atoms with E-state index in [9.17, 15) is 4.79 Å². The molecule has 94 valence electrons. The minimum absolute atomic E-state index is 0.0231. The molecule has 2 fully saturated rings. The van der Waals surface area contributed by atoms with E-state index in [1.807, 2.05) is 12.1 Å². The maximum atomic E-state index is 12.3. The fraction of sp³-hybridized carbons (Fsp3) is 0.538. The Balaban J connectivity index is 1.67. The molecule has 1 aliphatic heterocycles. The molecule has 0 radical (unpaired) electrons. The van der Waals surface area contributed by atoms with Crippen LogP contribution in [0.25, 0.3) is 0 Å². The van der Waals surface area contributed by atoms with E-state index in [4.69, 9.17) is 14.4 Å². The van der Waals surface area contributed by atoms with E-state index < -0.39 is 6.04 Å². The maximum Gasteiger partial charge on any atom is 0.227 e. The predicted octanol–water partition coefficient (Wildman–Crippen LogP) is 1.13. The van der Waals surface area contributed by atoms with Crippen LogP contribution < -0.4 is 0 Å². The van der Waals surface area contributed by atoms with Gasteiger partial charge in [0.05, 0.1) is 25.5 Å². The highest BCUT2D eigenvalue weighted by Crippen LogP contribution is 2.48. The van der Waals surface area contributed by atoms with Gasteiger partial charge in [-0.05, 0) is 18.6 Å². The molecule has 1 amide bonds. The van der Waals surface area contributed by atoms with Gasteiger partial charge < -0.3 is 14.1 Å². The van der Waals surface area contributed by atoms with Crippen LogP contribution in [0.5, 0.6) is 0 Å². The Labute approximate surface area is 105 Å². The van der Waals surface area contributed by atoms with Crippen LogP contribution in [0.3, 0.4) is 0 Å². The van der Waals surface area contributed by atoms with Crippen molar-refractivity contribution in [3.63, 3.8) is 0 Å². The first-order valence-corrected chi connectivity index (χ1v) is 6.12. The lowest BCUT2D eigenvalue weighted by Crippen LogP contribution is -2.48. The van der Waals surface area contributed by atoms with Crippen LogP contribution in [0.15, 0.2) is 22.8 Å². The smallest absolute Gasteiger partial charge is 0.227 e. The topological polar surface area (TPSA) is 66.5 Å². The van der Waals surface area contributed by atoms with Crippen LogP contribution >= 0.6 is 0 Å². The normalized spacial score (nSPS) is 30.8. The molecule has 1 saturated heterocycles. The average molecular weight is 246 g/mol. The lowest BCUT2D eigenvalue weighted by Gasteiger charge is -2.31. The number of furan rings is 1. The zero-order chi connectivity index (χ0) is 12.5. The summed E-state index contributed by atoms with van der Waals surface area (Å²) in [6.07, 6.45) is 2.45. The van der Waals surface area contributed by atoms with Crippen molar-refractivity contribution in [1.29, 1.82) is 5.26 Å². The number of nitriles is 1. The molecular formula is C13H14N2O3. The third-order valence-corrected chi connectivity index (χ3v) is 3.58. The summed E-state index contributed by atoms with van der Waals surface area (Å²) in [5.41, 5.74) is 0. The van der Waals surface area contributed by atoms with Crippen molar-refractivity contribution in [2.24, 2.45) is 5.92 Å². The first-order valence-electron chi connectivity index (χ1n) is 6.12. The van der Waals surface area contributed by atoms with E-state index in [2.05, 4.69) is 6.07 Å². The van der Waals surface area contributed by atoms with Gasteiger partial charge in [-0.2, -0.15) is 5.26 Å². The van der Waals surface area contributed by atoms with E-state index >= 15 is 0 Å². The molecule has 2 aliphatic rings. The molecule has 1 aromatic rings. The van der Waals surface area contributed by atoms with Gasteiger partial charge in [0.25, 0.3) is 0 Å². The minimum Gasteiger partial charge on any atom is -0.469 e. The molecule has 0 N–H and O–H groups in total. The fourth-order valence-electron chi connectivity index (χ4n) is 2.47. The number of rotatable bonds is 2. The highest BCUT2D eigenvalue weighted by atomic mass is 16.5. The van der Waals surface area contributed by atoms with Crippen molar-refractivity contribution in [3.05, 3.63) is 24.2 Å². The van der Waals surface area contributed by atoms with E-state index in [0.717, 1.165) is 12.2 Å². The summed E-state index contributed by atoms with van der Waals surface area (Å²) in [6, 6.07) is 5.42. The zero-order valence-corrected chi connectivity index (χ0v) is 9.91. The van der Waals surface area contributed by atoms with E-state index in [0.29, 0.717) is 19.8 Å². The summed E-state index contributed by atoms with van der Waals surface area (Å²) < 4.78 is 10.5. The Hall–Kier alpha value is -1.80. The van der Waals surface area contributed by atoms with Crippen LogP contribution in [0.4, 0.5) is 0 Å². The Bertz CT molecular complexity index is 477. The summed E-state index contributed by atoms with van der Waals surface area (Å²) in [7, 11) is 0. The van der Waals surface area contributed by atoms with Gasteiger partial charge in [-0.3, -0.25) is 4.79 Å². The highest BCUT2D eigenvalue weighted by molar-refractivity contribution is 5.83. The lowest BCUT2D eigenvalue weighted by molar-refractivity contribution is -0.139. The zero-order valence-electron chi connectivity index (χ0n) is 9.91. The number of carbonyl (C=O) groups excluding carboxylic acids is 1. The van der Waals surface area contributed by atoms with Gasteiger partial charge in [0, 0.05) is 18.4 Å². The molecule has 1 saturated carbocycles. The average Bonchev–Trinajstić information content (AvgIpc) is 3.03. The first kappa shape index (κ1) is 11.3. The molecular weight excluding hydrogens is 232 g/mol. The highest BCUT2D eigenvalue weighted by Gasteiger charge is 2.48. The lowest BCUT2D eigenvalue weighted by atomic mass is 10.2. The maximum absolute atomic E-state index is 12.3. The summed E-state index contributed by atoms with van der Waals surface area (Å²) in [6.45, 7) is 1.35. The SMILES string of the molecule is N#C[C@@H]1COCCN1C(=O)[C@@H]1C[C@@H]1c1ccco1. The molecule has 1 aliphatic carbocycles. The summed E-state index contributed by atoms with van der Waals surface area (Å²) in [4.78, 5) is 14.0. The molecule has 5 heteroatoms. The van der Waals surface area contributed by atoms with Crippen molar-refractivity contribution in [2.45, 2.75) is 18.4 Å². The molecule has 0 aromatic carbocycles. The molecule has 18 heavy (non-hydrogen) atoms. The quantitative estimate of drug-likeness (QED) is 0.784. The Morgan fingerprint density at radius 2 is 2.44 bits per heavy atom. The molecule has 0 spiro atoms. The van der Waals surface area contributed by atoms with Crippen LogP contribution in [-0.2, 0) is 9.53 Å². The number of ether oxygens (including phenoxy) is 1. The van der Waals surface area contributed by atoms with Gasteiger partial charge in [-0.15, -0.1) is 0 Å². The second-order valence-electron chi connectivity index (χ2n) is 4.72. The molecule has 0 unspecified atom stereocenters. The van der Waals surface area contributed by atoms with E-state index in [-0.39, 0.29) is 17.7 Å².